The lowest BCUT2D eigenvalue weighted by Crippen LogP contribution is -2.23. The quantitative estimate of drug-likeness (QED) is 0.502. The van der Waals surface area contributed by atoms with Gasteiger partial charge in [0, 0.05) is 40.7 Å². The van der Waals surface area contributed by atoms with Gasteiger partial charge in [0.15, 0.2) is 5.78 Å². The molecule has 1 saturated heterocycles. The standard InChI is InChI=1S/C20H19N3O3S/c24-18(25)8-7-17-19(15-5-1-2-6-16(15)22-17)20(26)13-11-23(27-12-13)14-4-3-9-21-10-14/h1-6,9-10,13,22H,7-8,11-12H2,(H,24,25). The van der Waals surface area contributed by atoms with E-state index in [1.54, 1.807) is 24.3 Å². The van der Waals surface area contributed by atoms with Crippen molar-refractivity contribution >= 4 is 40.3 Å². The van der Waals surface area contributed by atoms with E-state index in [4.69, 9.17) is 5.11 Å². The molecule has 27 heavy (non-hydrogen) atoms. The summed E-state index contributed by atoms with van der Waals surface area (Å²) >= 11 is 1.63. The third kappa shape index (κ3) is 3.55. The molecule has 3 aromatic rings. The number of hydrogen-bond acceptors (Lipinski definition) is 5. The summed E-state index contributed by atoms with van der Waals surface area (Å²) in [5.74, 6) is -0.234. The van der Waals surface area contributed by atoms with Crippen LogP contribution in [0.4, 0.5) is 5.69 Å². The topological polar surface area (TPSA) is 86.3 Å². The highest BCUT2D eigenvalue weighted by molar-refractivity contribution is 8.00. The number of pyridine rings is 1. The van der Waals surface area contributed by atoms with Gasteiger partial charge in [0.25, 0.3) is 0 Å². The van der Waals surface area contributed by atoms with Gasteiger partial charge < -0.3 is 14.4 Å². The molecule has 1 fully saturated rings. The number of carbonyl (C=O) groups is 2. The van der Waals surface area contributed by atoms with E-state index in [1.807, 2.05) is 36.4 Å². The summed E-state index contributed by atoms with van der Waals surface area (Å²) in [5, 5.41) is 9.90. The van der Waals surface area contributed by atoms with Crippen LogP contribution in [-0.4, -0.2) is 39.1 Å². The minimum absolute atomic E-state index is 0.00563. The Labute approximate surface area is 160 Å². The molecule has 1 unspecified atom stereocenters. The predicted octanol–water partition coefficient (Wildman–Crippen LogP) is 3.55. The molecule has 2 aromatic heterocycles. The monoisotopic (exact) mass is 381 g/mol. The zero-order chi connectivity index (χ0) is 18.8. The smallest absolute Gasteiger partial charge is 0.303 e. The van der Waals surface area contributed by atoms with Gasteiger partial charge in [0.2, 0.25) is 0 Å². The number of H-pyrrole nitrogens is 1. The minimum atomic E-state index is -0.869. The summed E-state index contributed by atoms with van der Waals surface area (Å²) in [6, 6.07) is 11.5. The van der Waals surface area contributed by atoms with Crippen molar-refractivity contribution in [2.75, 3.05) is 16.6 Å². The van der Waals surface area contributed by atoms with Gasteiger partial charge in [-0.15, -0.1) is 0 Å². The van der Waals surface area contributed by atoms with E-state index in [-0.39, 0.29) is 18.1 Å². The third-order valence-corrected chi connectivity index (χ3v) is 5.96. The van der Waals surface area contributed by atoms with Gasteiger partial charge in [-0.1, -0.05) is 18.2 Å². The molecule has 1 aromatic carbocycles. The van der Waals surface area contributed by atoms with Crippen LogP contribution in [0.2, 0.25) is 0 Å². The first-order chi connectivity index (χ1) is 13.1. The van der Waals surface area contributed by atoms with Gasteiger partial charge in [0.1, 0.15) is 0 Å². The number of para-hydroxylation sites is 1. The van der Waals surface area contributed by atoms with E-state index in [0.717, 1.165) is 16.6 Å². The Morgan fingerprint density at radius 2 is 2.11 bits per heavy atom. The molecule has 3 heterocycles. The average Bonchev–Trinajstić information content (AvgIpc) is 3.31. The number of anilines is 1. The van der Waals surface area contributed by atoms with Crippen LogP contribution in [0.3, 0.4) is 0 Å². The van der Waals surface area contributed by atoms with Crippen molar-refractivity contribution < 1.29 is 14.7 Å². The molecule has 138 valence electrons. The van der Waals surface area contributed by atoms with Gasteiger partial charge in [-0.05, 0) is 36.6 Å². The van der Waals surface area contributed by atoms with Gasteiger partial charge in [-0.25, -0.2) is 0 Å². The van der Waals surface area contributed by atoms with E-state index in [2.05, 4.69) is 14.3 Å². The summed E-state index contributed by atoms with van der Waals surface area (Å²) in [7, 11) is 0. The number of aromatic amines is 1. The first-order valence-electron chi connectivity index (χ1n) is 8.79. The molecular weight excluding hydrogens is 362 g/mol. The van der Waals surface area contributed by atoms with E-state index >= 15 is 0 Å². The molecule has 0 radical (unpaired) electrons. The van der Waals surface area contributed by atoms with Crippen molar-refractivity contribution in [3.8, 4) is 0 Å². The van der Waals surface area contributed by atoms with E-state index < -0.39 is 5.97 Å². The molecule has 1 aliphatic heterocycles. The van der Waals surface area contributed by atoms with Crippen molar-refractivity contribution in [3.63, 3.8) is 0 Å². The Kier molecular flexibility index (Phi) is 4.85. The van der Waals surface area contributed by atoms with Crippen molar-refractivity contribution in [3.05, 3.63) is 60.0 Å². The highest BCUT2D eigenvalue weighted by atomic mass is 32.2. The first kappa shape index (κ1) is 17.6. The van der Waals surface area contributed by atoms with E-state index in [9.17, 15) is 9.59 Å². The van der Waals surface area contributed by atoms with Crippen LogP contribution in [-0.2, 0) is 11.2 Å². The Morgan fingerprint density at radius 1 is 1.26 bits per heavy atom. The number of fused-ring (bicyclic) bond motifs is 1. The molecule has 7 heteroatoms. The zero-order valence-electron chi connectivity index (χ0n) is 14.6. The van der Waals surface area contributed by atoms with Gasteiger partial charge in [-0.3, -0.25) is 14.6 Å². The lowest BCUT2D eigenvalue weighted by molar-refractivity contribution is -0.136. The highest BCUT2D eigenvalue weighted by Crippen LogP contribution is 2.35. The summed E-state index contributed by atoms with van der Waals surface area (Å²) in [6.07, 6.45) is 3.84. The summed E-state index contributed by atoms with van der Waals surface area (Å²) < 4.78 is 2.10. The Morgan fingerprint density at radius 3 is 2.89 bits per heavy atom. The number of aliphatic carboxylic acids is 1. The van der Waals surface area contributed by atoms with Crippen LogP contribution in [0.1, 0.15) is 22.5 Å². The summed E-state index contributed by atoms with van der Waals surface area (Å²) in [5.41, 5.74) is 3.22. The van der Waals surface area contributed by atoms with Crippen LogP contribution in [0.25, 0.3) is 10.9 Å². The van der Waals surface area contributed by atoms with Crippen molar-refractivity contribution in [2.45, 2.75) is 12.8 Å². The second-order valence-corrected chi connectivity index (χ2v) is 7.58. The Hall–Kier alpha value is -2.80. The van der Waals surface area contributed by atoms with Crippen LogP contribution < -0.4 is 4.31 Å². The number of ketones is 1. The molecular formula is C20H19N3O3S. The Balaban J connectivity index is 1.62. The predicted molar refractivity (Wildman–Crippen MR) is 106 cm³/mol. The van der Waals surface area contributed by atoms with Crippen LogP contribution in [0.15, 0.2) is 48.8 Å². The maximum Gasteiger partial charge on any atom is 0.303 e. The second kappa shape index (κ2) is 7.44. The molecule has 0 amide bonds. The van der Waals surface area contributed by atoms with Gasteiger partial charge in [-0.2, -0.15) is 0 Å². The molecule has 1 atom stereocenters. The number of hydrogen-bond donors (Lipinski definition) is 2. The van der Waals surface area contributed by atoms with E-state index in [1.165, 1.54) is 0 Å². The minimum Gasteiger partial charge on any atom is -0.481 e. The van der Waals surface area contributed by atoms with Crippen LogP contribution in [0.5, 0.6) is 0 Å². The lowest BCUT2D eigenvalue weighted by atomic mass is 9.95. The molecule has 2 N–H and O–H groups in total. The maximum atomic E-state index is 13.3. The number of aromatic nitrogens is 2. The second-order valence-electron chi connectivity index (χ2n) is 6.55. The fourth-order valence-electron chi connectivity index (χ4n) is 3.43. The normalized spacial score (nSPS) is 16.7. The number of carboxylic acids is 1. The highest BCUT2D eigenvalue weighted by Gasteiger charge is 2.33. The number of Topliss-reactive ketones (excluding diaryl/α,β-unsaturated/α-hetero) is 1. The molecule has 1 aliphatic rings. The number of nitrogens with zero attached hydrogens (tertiary/aromatic N) is 2. The molecule has 0 spiro atoms. The number of benzene rings is 1. The van der Waals surface area contributed by atoms with Gasteiger partial charge in [0.05, 0.1) is 24.2 Å². The van der Waals surface area contributed by atoms with Crippen LogP contribution in [0, 0.1) is 5.92 Å². The fourth-order valence-corrected chi connectivity index (χ4v) is 4.59. The van der Waals surface area contributed by atoms with Crippen molar-refractivity contribution in [1.29, 1.82) is 0 Å². The van der Waals surface area contributed by atoms with Crippen molar-refractivity contribution in [2.24, 2.45) is 5.92 Å². The first-order valence-corrected chi connectivity index (χ1v) is 9.74. The SMILES string of the molecule is O=C(O)CCc1[nH]c2ccccc2c1C(=O)C1CSN(c2cccnc2)C1. The average molecular weight is 381 g/mol. The Bertz CT molecular complexity index is 987. The molecule has 6 nitrogen and oxygen atoms in total. The van der Waals surface area contributed by atoms with Gasteiger partial charge >= 0.3 is 5.97 Å². The fraction of sp³-hybridized carbons (Fsp3) is 0.250. The van der Waals surface area contributed by atoms with E-state index in [0.29, 0.717) is 30.0 Å². The zero-order valence-corrected chi connectivity index (χ0v) is 15.4. The maximum absolute atomic E-state index is 13.3. The largest absolute Gasteiger partial charge is 0.481 e. The molecule has 0 aliphatic carbocycles. The summed E-state index contributed by atoms with van der Waals surface area (Å²) in [6.45, 7) is 0.618. The number of rotatable bonds is 6. The number of carboxylic acid groups (broad SMARTS) is 1. The molecule has 4 rings (SSSR count). The van der Waals surface area contributed by atoms with Crippen molar-refractivity contribution in [1.82, 2.24) is 9.97 Å². The molecule has 0 saturated carbocycles. The number of carbonyl (C=O) groups excluding carboxylic acids is 1. The molecule has 0 bridgehead atoms. The summed E-state index contributed by atoms with van der Waals surface area (Å²) in [4.78, 5) is 31.7. The lowest BCUT2D eigenvalue weighted by Gasteiger charge is -2.16. The van der Waals surface area contributed by atoms with Crippen LogP contribution >= 0.6 is 11.9 Å². The third-order valence-electron chi connectivity index (χ3n) is 4.74. The number of nitrogens with one attached hydrogen (secondary N) is 1. The number of aryl methyl sites for hydroxylation is 1.